The highest BCUT2D eigenvalue weighted by Gasteiger charge is 2.30. The van der Waals surface area contributed by atoms with Gasteiger partial charge in [0.15, 0.2) is 0 Å². The van der Waals surface area contributed by atoms with Crippen LogP contribution >= 0.6 is 0 Å². The number of nitrogens with zero attached hydrogens (tertiary/aromatic N) is 1. The molecule has 1 aliphatic carbocycles. The first-order chi connectivity index (χ1) is 8.26. The molecule has 0 heterocycles. The van der Waals surface area contributed by atoms with Gasteiger partial charge in [0.05, 0.1) is 0 Å². The summed E-state index contributed by atoms with van der Waals surface area (Å²) in [5.74, 6) is 0. The van der Waals surface area contributed by atoms with Crippen LogP contribution in [0.4, 0.5) is 0 Å². The third kappa shape index (κ3) is 4.97. The molecule has 0 unspecified atom stereocenters. The van der Waals surface area contributed by atoms with Crippen LogP contribution in [-0.2, 0) is 0 Å². The van der Waals surface area contributed by atoms with E-state index in [2.05, 4.69) is 18.7 Å². The normalized spacial score (nSPS) is 19.8. The molecule has 0 saturated heterocycles. The Bertz CT molecular complexity index is 185. The number of unbranched alkanes of at least 4 members (excludes halogenated alkanes) is 1. The summed E-state index contributed by atoms with van der Waals surface area (Å²) in [7, 11) is 0. The molecule has 17 heavy (non-hydrogen) atoms. The van der Waals surface area contributed by atoms with Crippen LogP contribution in [0.25, 0.3) is 0 Å². The lowest BCUT2D eigenvalue weighted by atomic mass is 9.72. The van der Waals surface area contributed by atoms with E-state index in [4.69, 9.17) is 5.73 Å². The summed E-state index contributed by atoms with van der Waals surface area (Å²) in [6, 6.07) is 0. The first-order valence-electron chi connectivity index (χ1n) is 7.69. The van der Waals surface area contributed by atoms with E-state index < -0.39 is 0 Å². The maximum absolute atomic E-state index is 6.05. The monoisotopic (exact) mass is 240 g/mol. The van der Waals surface area contributed by atoms with Crippen LogP contribution in [0.1, 0.15) is 65.2 Å². The lowest BCUT2D eigenvalue weighted by Crippen LogP contribution is -2.37. The average Bonchev–Trinajstić information content (AvgIpc) is 2.40. The Kier molecular flexibility index (Phi) is 7.14. The van der Waals surface area contributed by atoms with E-state index in [0.29, 0.717) is 5.41 Å². The lowest BCUT2D eigenvalue weighted by molar-refractivity contribution is 0.148. The fourth-order valence-electron chi connectivity index (χ4n) is 3.06. The van der Waals surface area contributed by atoms with E-state index in [1.54, 1.807) is 0 Å². The van der Waals surface area contributed by atoms with Gasteiger partial charge in [0.2, 0.25) is 0 Å². The third-order valence-electron chi connectivity index (χ3n) is 4.58. The van der Waals surface area contributed by atoms with Gasteiger partial charge < -0.3 is 10.6 Å². The number of nitrogens with two attached hydrogens (primary N) is 1. The summed E-state index contributed by atoms with van der Waals surface area (Å²) >= 11 is 0. The molecular weight excluding hydrogens is 208 g/mol. The molecule has 0 spiro atoms. The molecular formula is C15H32N2. The molecule has 0 atom stereocenters. The summed E-state index contributed by atoms with van der Waals surface area (Å²) in [6.45, 7) is 9.18. The van der Waals surface area contributed by atoms with Crippen molar-refractivity contribution in [3.63, 3.8) is 0 Å². The zero-order valence-corrected chi connectivity index (χ0v) is 12.0. The van der Waals surface area contributed by atoms with Gasteiger partial charge in [-0.25, -0.2) is 0 Å². The molecule has 2 nitrogen and oxygen atoms in total. The minimum absolute atomic E-state index is 0.484. The predicted octanol–water partition coefficient (Wildman–Crippen LogP) is 3.41. The minimum atomic E-state index is 0.484. The average molecular weight is 240 g/mol. The van der Waals surface area contributed by atoms with Gasteiger partial charge in [-0.3, -0.25) is 0 Å². The van der Waals surface area contributed by atoms with E-state index in [0.717, 1.165) is 6.54 Å². The molecule has 0 amide bonds. The van der Waals surface area contributed by atoms with Crippen molar-refractivity contribution in [2.75, 3.05) is 26.2 Å². The minimum Gasteiger partial charge on any atom is -0.330 e. The number of rotatable bonds is 8. The Morgan fingerprint density at radius 3 is 2.29 bits per heavy atom. The van der Waals surface area contributed by atoms with Gasteiger partial charge in [-0.2, -0.15) is 0 Å². The van der Waals surface area contributed by atoms with Crippen molar-refractivity contribution in [2.24, 2.45) is 11.1 Å². The third-order valence-corrected chi connectivity index (χ3v) is 4.58. The standard InChI is InChI=1S/C15H32N2/c1-3-5-12-17(4-2)13-11-15(14-16)9-7-6-8-10-15/h3-14,16H2,1-2H3. The van der Waals surface area contributed by atoms with Crippen LogP contribution in [0.15, 0.2) is 0 Å². The van der Waals surface area contributed by atoms with Crippen molar-refractivity contribution in [3.05, 3.63) is 0 Å². The largest absolute Gasteiger partial charge is 0.330 e. The molecule has 0 radical (unpaired) electrons. The smallest absolute Gasteiger partial charge is 0.00131 e. The Hall–Kier alpha value is -0.0800. The number of hydrogen-bond acceptors (Lipinski definition) is 2. The molecule has 102 valence electrons. The first-order valence-corrected chi connectivity index (χ1v) is 7.69. The highest BCUT2D eigenvalue weighted by atomic mass is 15.1. The predicted molar refractivity (Wildman–Crippen MR) is 76.2 cm³/mol. The van der Waals surface area contributed by atoms with Crippen molar-refractivity contribution < 1.29 is 0 Å². The Balaban J connectivity index is 2.34. The molecule has 0 aromatic rings. The Labute approximate surface area is 108 Å². The van der Waals surface area contributed by atoms with Gasteiger partial charge in [-0.1, -0.05) is 39.5 Å². The Morgan fingerprint density at radius 2 is 1.76 bits per heavy atom. The Morgan fingerprint density at radius 1 is 1.06 bits per heavy atom. The summed E-state index contributed by atoms with van der Waals surface area (Å²) in [4.78, 5) is 2.61. The second kappa shape index (κ2) is 8.10. The van der Waals surface area contributed by atoms with Crippen LogP contribution in [0.2, 0.25) is 0 Å². The van der Waals surface area contributed by atoms with Crippen LogP contribution in [0.3, 0.4) is 0 Å². The first kappa shape index (κ1) is 15.0. The second-order valence-corrected chi connectivity index (χ2v) is 5.80. The maximum Gasteiger partial charge on any atom is -0.00131 e. The van der Waals surface area contributed by atoms with Crippen molar-refractivity contribution in [3.8, 4) is 0 Å². The highest BCUT2D eigenvalue weighted by molar-refractivity contribution is 4.84. The van der Waals surface area contributed by atoms with Gasteiger partial charge in [-0.15, -0.1) is 0 Å². The molecule has 0 bridgehead atoms. The molecule has 1 fully saturated rings. The summed E-state index contributed by atoms with van der Waals surface area (Å²) in [6.07, 6.45) is 10.9. The van der Waals surface area contributed by atoms with Gasteiger partial charge in [0.1, 0.15) is 0 Å². The second-order valence-electron chi connectivity index (χ2n) is 5.80. The molecule has 1 saturated carbocycles. The van der Waals surface area contributed by atoms with E-state index in [-0.39, 0.29) is 0 Å². The lowest BCUT2D eigenvalue weighted by Gasteiger charge is -2.38. The van der Waals surface area contributed by atoms with Crippen molar-refractivity contribution in [1.82, 2.24) is 4.90 Å². The quantitative estimate of drug-likeness (QED) is 0.704. The van der Waals surface area contributed by atoms with Crippen LogP contribution < -0.4 is 5.73 Å². The van der Waals surface area contributed by atoms with Gasteiger partial charge in [0.25, 0.3) is 0 Å². The van der Waals surface area contributed by atoms with Gasteiger partial charge in [-0.05, 0) is 57.3 Å². The van der Waals surface area contributed by atoms with E-state index in [9.17, 15) is 0 Å². The maximum atomic E-state index is 6.05. The SMILES string of the molecule is CCCCN(CC)CCC1(CN)CCCCC1. The molecule has 1 rings (SSSR count). The summed E-state index contributed by atoms with van der Waals surface area (Å²) in [5, 5.41) is 0. The van der Waals surface area contributed by atoms with Crippen molar-refractivity contribution >= 4 is 0 Å². The molecule has 2 N–H and O–H groups in total. The van der Waals surface area contributed by atoms with Crippen LogP contribution in [-0.4, -0.2) is 31.1 Å². The summed E-state index contributed by atoms with van der Waals surface area (Å²) < 4.78 is 0. The van der Waals surface area contributed by atoms with Crippen molar-refractivity contribution in [2.45, 2.75) is 65.2 Å². The highest BCUT2D eigenvalue weighted by Crippen LogP contribution is 2.38. The topological polar surface area (TPSA) is 29.3 Å². The van der Waals surface area contributed by atoms with Crippen molar-refractivity contribution in [1.29, 1.82) is 0 Å². The van der Waals surface area contributed by atoms with Crippen LogP contribution in [0, 0.1) is 5.41 Å². The van der Waals surface area contributed by atoms with Gasteiger partial charge >= 0.3 is 0 Å². The fourth-order valence-corrected chi connectivity index (χ4v) is 3.06. The van der Waals surface area contributed by atoms with Crippen LogP contribution in [0.5, 0.6) is 0 Å². The summed E-state index contributed by atoms with van der Waals surface area (Å²) in [5.41, 5.74) is 6.53. The zero-order valence-electron chi connectivity index (χ0n) is 12.0. The zero-order chi connectivity index (χ0) is 12.6. The molecule has 0 aromatic heterocycles. The fraction of sp³-hybridized carbons (Fsp3) is 1.00. The van der Waals surface area contributed by atoms with E-state index in [1.165, 1.54) is 71.0 Å². The van der Waals surface area contributed by atoms with E-state index in [1.807, 2.05) is 0 Å². The molecule has 0 aromatic carbocycles. The van der Waals surface area contributed by atoms with Gasteiger partial charge in [0, 0.05) is 0 Å². The molecule has 0 aliphatic heterocycles. The molecule has 1 aliphatic rings. The van der Waals surface area contributed by atoms with E-state index >= 15 is 0 Å². The number of hydrogen-bond donors (Lipinski definition) is 1. The molecule has 2 heteroatoms.